The zero-order chi connectivity index (χ0) is 16.2. The third-order valence-electron chi connectivity index (χ3n) is 4.29. The van der Waals surface area contributed by atoms with Crippen molar-refractivity contribution >= 4 is 22.7 Å². The number of carbonyl (C=O) groups excluding carboxylic acids is 1. The first-order chi connectivity index (χ1) is 11.2. The van der Waals surface area contributed by atoms with Crippen LogP contribution in [0.5, 0.6) is 0 Å². The first-order valence-corrected chi connectivity index (χ1v) is 8.14. The molecular weight excluding hydrogens is 292 g/mol. The lowest BCUT2D eigenvalue weighted by Crippen LogP contribution is -2.40. The first kappa shape index (κ1) is 15.7. The zero-order valence-electron chi connectivity index (χ0n) is 13.4. The summed E-state index contributed by atoms with van der Waals surface area (Å²) in [6, 6.07) is 9.85. The number of rotatable bonds is 4. The maximum absolute atomic E-state index is 12.0. The molecule has 0 radical (unpaired) electrons. The summed E-state index contributed by atoms with van der Waals surface area (Å²) in [5.74, 6) is 0.521. The minimum atomic E-state index is -0.136. The van der Waals surface area contributed by atoms with Crippen molar-refractivity contribution in [1.29, 1.82) is 0 Å². The van der Waals surface area contributed by atoms with E-state index in [-0.39, 0.29) is 18.5 Å². The Morgan fingerprint density at radius 1 is 1.43 bits per heavy atom. The van der Waals surface area contributed by atoms with Crippen molar-refractivity contribution in [2.24, 2.45) is 5.92 Å². The van der Waals surface area contributed by atoms with Crippen LogP contribution in [0.4, 0.5) is 5.82 Å². The number of anilines is 1. The molecule has 1 aliphatic heterocycles. The zero-order valence-corrected chi connectivity index (χ0v) is 13.4. The number of aliphatic hydroxyl groups excluding tert-OH is 1. The number of para-hydroxylation sites is 1. The van der Waals surface area contributed by atoms with Crippen molar-refractivity contribution in [3.8, 4) is 0 Å². The van der Waals surface area contributed by atoms with Crippen LogP contribution in [-0.4, -0.2) is 35.8 Å². The molecule has 5 nitrogen and oxygen atoms in total. The van der Waals surface area contributed by atoms with Crippen molar-refractivity contribution in [2.45, 2.75) is 26.4 Å². The molecule has 1 aromatic heterocycles. The third kappa shape index (κ3) is 3.29. The van der Waals surface area contributed by atoms with E-state index in [1.165, 1.54) is 0 Å². The molecule has 1 fully saturated rings. The van der Waals surface area contributed by atoms with Gasteiger partial charge in [-0.15, -0.1) is 0 Å². The van der Waals surface area contributed by atoms with E-state index in [4.69, 9.17) is 9.72 Å². The Morgan fingerprint density at radius 3 is 3.04 bits per heavy atom. The summed E-state index contributed by atoms with van der Waals surface area (Å²) >= 11 is 0. The highest BCUT2D eigenvalue weighted by Crippen LogP contribution is 2.28. The minimum absolute atomic E-state index is 0.0618. The lowest BCUT2D eigenvalue weighted by molar-refractivity contribution is -0.148. The Kier molecular flexibility index (Phi) is 4.76. The number of aliphatic hydroxyl groups is 1. The van der Waals surface area contributed by atoms with Crippen LogP contribution >= 0.6 is 0 Å². The molecule has 1 atom stereocenters. The van der Waals surface area contributed by atoms with Gasteiger partial charge in [-0.25, -0.2) is 4.98 Å². The van der Waals surface area contributed by atoms with E-state index in [0.717, 1.165) is 41.7 Å². The fraction of sp³-hybridized carbons (Fsp3) is 0.444. The van der Waals surface area contributed by atoms with Crippen LogP contribution in [0, 0.1) is 5.92 Å². The van der Waals surface area contributed by atoms with E-state index in [2.05, 4.69) is 4.90 Å². The highest BCUT2D eigenvalue weighted by Gasteiger charge is 2.28. The lowest BCUT2D eigenvalue weighted by atomic mass is 9.97. The van der Waals surface area contributed by atoms with Crippen molar-refractivity contribution in [3.05, 3.63) is 35.9 Å². The number of ether oxygens (including phenoxy) is 1. The minimum Gasteiger partial charge on any atom is -0.466 e. The smallest absolute Gasteiger partial charge is 0.310 e. The van der Waals surface area contributed by atoms with Gasteiger partial charge in [-0.1, -0.05) is 18.2 Å². The van der Waals surface area contributed by atoms with Gasteiger partial charge in [0.15, 0.2) is 0 Å². The van der Waals surface area contributed by atoms with Crippen LogP contribution in [0.1, 0.15) is 25.3 Å². The van der Waals surface area contributed by atoms with Crippen LogP contribution in [0.3, 0.4) is 0 Å². The van der Waals surface area contributed by atoms with E-state index in [0.29, 0.717) is 13.2 Å². The summed E-state index contributed by atoms with van der Waals surface area (Å²) in [5, 5.41) is 10.7. The van der Waals surface area contributed by atoms with Crippen LogP contribution in [0.25, 0.3) is 10.9 Å². The maximum atomic E-state index is 12.0. The summed E-state index contributed by atoms with van der Waals surface area (Å²) in [4.78, 5) is 18.8. The molecule has 0 spiro atoms. The number of esters is 1. The second-order valence-electron chi connectivity index (χ2n) is 5.86. The Labute approximate surface area is 135 Å². The number of nitrogens with zero attached hydrogens (tertiary/aromatic N) is 2. The molecule has 122 valence electrons. The predicted octanol–water partition coefficient (Wildman–Crippen LogP) is 2.51. The lowest BCUT2D eigenvalue weighted by Gasteiger charge is -2.33. The van der Waals surface area contributed by atoms with Gasteiger partial charge in [0, 0.05) is 24.0 Å². The normalized spacial score (nSPS) is 18.2. The van der Waals surface area contributed by atoms with Crippen LogP contribution < -0.4 is 4.90 Å². The fourth-order valence-electron chi connectivity index (χ4n) is 3.16. The van der Waals surface area contributed by atoms with Crippen LogP contribution in [0.2, 0.25) is 0 Å². The number of aromatic nitrogens is 1. The molecule has 2 aromatic rings. The van der Waals surface area contributed by atoms with Crippen LogP contribution in [0.15, 0.2) is 30.3 Å². The Morgan fingerprint density at radius 2 is 2.26 bits per heavy atom. The predicted molar refractivity (Wildman–Crippen MR) is 89.2 cm³/mol. The molecule has 3 rings (SSSR count). The number of hydrogen-bond donors (Lipinski definition) is 1. The first-order valence-electron chi connectivity index (χ1n) is 8.14. The van der Waals surface area contributed by atoms with Gasteiger partial charge in [-0.05, 0) is 31.9 Å². The number of fused-ring (bicyclic) bond motifs is 1. The molecule has 0 aliphatic carbocycles. The second kappa shape index (κ2) is 6.96. The molecule has 0 saturated carbocycles. The number of benzene rings is 1. The van der Waals surface area contributed by atoms with Crippen molar-refractivity contribution in [2.75, 3.05) is 24.6 Å². The van der Waals surface area contributed by atoms with Gasteiger partial charge in [0.25, 0.3) is 0 Å². The molecule has 1 N–H and O–H groups in total. The number of pyridine rings is 1. The van der Waals surface area contributed by atoms with Crippen molar-refractivity contribution in [3.63, 3.8) is 0 Å². The summed E-state index contributed by atoms with van der Waals surface area (Å²) in [6.07, 6.45) is 1.76. The van der Waals surface area contributed by atoms with E-state index >= 15 is 0 Å². The average Bonchev–Trinajstić information content (AvgIpc) is 2.61. The van der Waals surface area contributed by atoms with Crippen molar-refractivity contribution < 1.29 is 14.6 Å². The maximum Gasteiger partial charge on any atom is 0.310 e. The number of hydrogen-bond acceptors (Lipinski definition) is 5. The van der Waals surface area contributed by atoms with E-state index in [9.17, 15) is 9.90 Å². The molecule has 1 aromatic carbocycles. The number of piperidine rings is 1. The quantitative estimate of drug-likeness (QED) is 0.879. The highest BCUT2D eigenvalue weighted by molar-refractivity contribution is 5.82. The summed E-state index contributed by atoms with van der Waals surface area (Å²) in [6.45, 7) is 3.61. The Balaban J connectivity index is 1.90. The topological polar surface area (TPSA) is 62.7 Å². The van der Waals surface area contributed by atoms with Gasteiger partial charge in [-0.2, -0.15) is 0 Å². The van der Waals surface area contributed by atoms with Gasteiger partial charge in [-0.3, -0.25) is 4.79 Å². The largest absolute Gasteiger partial charge is 0.466 e. The van der Waals surface area contributed by atoms with Crippen molar-refractivity contribution in [1.82, 2.24) is 4.98 Å². The molecule has 5 heteroatoms. The summed E-state index contributed by atoms with van der Waals surface area (Å²) in [5.41, 5.74) is 1.70. The molecule has 1 aliphatic rings. The second-order valence-corrected chi connectivity index (χ2v) is 5.86. The van der Waals surface area contributed by atoms with E-state index in [1.54, 1.807) is 0 Å². The van der Waals surface area contributed by atoms with Gasteiger partial charge in [0.2, 0.25) is 0 Å². The standard InChI is InChI=1S/C18H22N2O3/c1-2-23-18(22)14-7-5-9-20(11-14)17-15(12-21)10-13-6-3-4-8-16(13)19-17/h3-4,6,8,10,14,21H,2,5,7,9,11-12H2,1H3. The summed E-state index contributed by atoms with van der Waals surface area (Å²) in [7, 11) is 0. The van der Waals surface area contributed by atoms with Gasteiger partial charge < -0.3 is 14.7 Å². The molecular formula is C18H22N2O3. The number of carbonyl (C=O) groups is 1. The monoisotopic (exact) mass is 314 g/mol. The highest BCUT2D eigenvalue weighted by atomic mass is 16.5. The molecule has 2 heterocycles. The van der Waals surface area contributed by atoms with E-state index in [1.807, 2.05) is 37.3 Å². The molecule has 0 amide bonds. The fourth-order valence-corrected chi connectivity index (χ4v) is 3.16. The molecule has 1 saturated heterocycles. The Bertz CT molecular complexity index is 702. The SMILES string of the molecule is CCOC(=O)C1CCCN(c2nc3ccccc3cc2CO)C1. The summed E-state index contributed by atoms with van der Waals surface area (Å²) < 4.78 is 5.16. The molecule has 1 unspecified atom stereocenters. The van der Waals surface area contributed by atoms with Crippen LogP contribution in [-0.2, 0) is 16.1 Å². The molecule has 0 bridgehead atoms. The van der Waals surface area contributed by atoms with E-state index < -0.39 is 0 Å². The Hall–Kier alpha value is -2.14. The van der Waals surface area contributed by atoms with Gasteiger partial charge >= 0.3 is 5.97 Å². The average molecular weight is 314 g/mol. The van der Waals surface area contributed by atoms with Gasteiger partial charge in [0.05, 0.1) is 24.6 Å². The molecule has 23 heavy (non-hydrogen) atoms. The van der Waals surface area contributed by atoms with Gasteiger partial charge in [0.1, 0.15) is 5.82 Å². The third-order valence-corrected chi connectivity index (χ3v) is 4.29.